The fourth-order valence-corrected chi connectivity index (χ4v) is 2.66. The Morgan fingerprint density at radius 2 is 2.33 bits per heavy atom. The lowest BCUT2D eigenvalue weighted by Gasteiger charge is -2.23. The molecule has 0 atom stereocenters. The third-order valence-corrected chi connectivity index (χ3v) is 3.56. The van der Waals surface area contributed by atoms with Crippen molar-refractivity contribution in [1.29, 1.82) is 0 Å². The van der Waals surface area contributed by atoms with Crippen molar-refractivity contribution in [3.63, 3.8) is 0 Å². The van der Waals surface area contributed by atoms with Crippen LogP contribution in [0.2, 0.25) is 0 Å². The molecule has 0 saturated heterocycles. The van der Waals surface area contributed by atoms with Crippen molar-refractivity contribution in [2.75, 3.05) is 13.6 Å². The summed E-state index contributed by atoms with van der Waals surface area (Å²) in [6.45, 7) is 1.15. The van der Waals surface area contributed by atoms with Gasteiger partial charge in [0.25, 0.3) is 0 Å². The number of hydrogen-bond acceptors (Lipinski definition) is 2. The highest BCUT2D eigenvalue weighted by atomic mass is 79.9. The molecule has 2 rings (SSSR count). The summed E-state index contributed by atoms with van der Waals surface area (Å²) in [6, 6.07) is 6.50. The fraction of sp³-hybridized carbons (Fsp3) is 0.333. The molecule has 12 heavy (non-hydrogen) atoms. The van der Waals surface area contributed by atoms with E-state index in [2.05, 4.69) is 45.5 Å². The number of fused-ring (bicyclic) bond motifs is 1. The first-order chi connectivity index (χ1) is 5.75. The Labute approximate surface area is 85.4 Å². The maximum atomic E-state index is 3.48. The molecule has 0 amide bonds. The fourth-order valence-electron chi connectivity index (χ4n) is 1.32. The van der Waals surface area contributed by atoms with Crippen LogP contribution in [0.15, 0.2) is 27.6 Å². The molecule has 1 nitrogen and oxygen atoms in total. The molecule has 3 heteroatoms. The van der Waals surface area contributed by atoms with E-state index in [0.717, 1.165) is 13.0 Å². The van der Waals surface area contributed by atoms with E-state index in [1.807, 2.05) is 11.9 Å². The van der Waals surface area contributed by atoms with Crippen molar-refractivity contribution in [3.8, 4) is 0 Å². The monoisotopic (exact) mass is 243 g/mol. The Morgan fingerprint density at radius 3 is 3.17 bits per heavy atom. The van der Waals surface area contributed by atoms with Crippen molar-refractivity contribution >= 4 is 27.9 Å². The minimum Gasteiger partial charge on any atom is -0.249 e. The Hall–Kier alpha value is 0.01000. The SMILES string of the molecule is CN1CCc2cc(Br)ccc2S1. The predicted molar refractivity (Wildman–Crippen MR) is 56.3 cm³/mol. The quantitative estimate of drug-likeness (QED) is 0.645. The summed E-state index contributed by atoms with van der Waals surface area (Å²) in [6.07, 6.45) is 1.16. The Balaban J connectivity index is 2.37. The van der Waals surface area contributed by atoms with Gasteiger partial charge in [-0.3, -0.25) is 0 Å². The van der Waals surface area contributed by atoms with Gasteiger partial charge in [0.05, 0.1) is 0 Å². The minimum absolute atomic E-state index is 1.15. The highest BCUT2D eigenvalue weighted by Crippen LogP contribution is 2.31. The van der Waals surface area contributed by atoms with Crippen LogP contribution in [0.5, 0.6) is 0 Å². The zero-order valence-corrected chi connectivity index (χ0v) is 9.28. The minimum atomic E-state index is 1.15. The van der Waals surface area contributed by atoms with Gasteiger partial charge >= 0.3 is 0 Å². The lowest BCUT2D eigenvalue weighted by Crippen LogP contribution is -2.18. The van der Waals surface area contributed by atoms with Crippen molar-refractivity contribution in [2.45, 2.75) is 11.3 Å². The lowest BCUT2D eigenvalue weighted by atomic mass is 10.1. The van der Waals surface area contributed by atoms with Gasteiger partial charge in [-0.05, 0) is 49.2 Å². The van der Waals surface area contributed by atoms with Crippen molar-refractivity contribution < 1.29 is 0 Å². The van der Waals surface area contributed by atoms with E-state index in [4.69, 9.17) is 0 Å². The second-order valence-corrected chi connectivity index (χ2v) is 5.11. The van der Waals surface area contributed by atoms with Gasteiger partial charge in [-0.15, -0.1) is 0 Å². The first kappa shape index (κ1) is 8.60. The van der Waals surface area contributed by atoms with Crippen LogP contribution in [-0.2, 0) is 6.42 Å². The van der Waals surface area contributed by atoms with Crippen LogP contribution in [0.4, 0.5) is 0 Å². The summed E-state index contributed by atoms with van der Waals surface area (Å²) < 4.78 is 3.46. The maximum absolute atomic E-state index is 3.48. The number of hydrogen-bond donors (Lipinski definition) is 0. The molecule has 1 aliphatic heterocycles. The molecule has 0 N–H and O–H groups in total. The summed E-state index contributed by atoms with van der Waals surface area (Å²) in [4.78, 5) is 1.40. The van der Waals surface area contributed by atoms with Crippen LogP contribution in [0, 0.1) is 0 Å². The number of halogens is 1. The van der Waals surface area contributed by atoms with E-state index in [1.54, 1.807) is 0 Å². The number of likely N-dealkylation sites (N-methyl/N-ethyl adjacent to an activating group) is 1. The van der Waals surface area contributed by atoms with Crippen LogP contribution in [-0.4, -0.2) is 17.9 Å². The molecule has 0 bridgehead atoms. The third kappa shape index (κ3) is 1.68. The average molecular weight is 244 g/mol. The first-order valence-electron chi connectivity index (χ1n) is 3.93. The topological polar surface area (TPSA) is 3.24 Å². The molecule has 1 aromatic carbocycles. The van der Waals surface area contributed by atoms with Gasteiger partial charge in [-0.25, -0.2) is 4.31 Å². The van der Waals surface area contributed by atoms with E-state index in [1.165, 1.54) is 14.9 Å². The summed E-state index contributed by atoms with van der Waals surface area (Å²) in [5, 5.41) is 0. The molecular weight excluding hydrogens is 234 g/mol. The summed E-state index contributed by atoms with van der Waals surface area (Å²) in [5.41, 5.74) is 1.47. The standard InChI is InChI=1S/C9H10BrNS/c1-11-5-4-7-6-8(10)2-3-9(7)12-11/h2-3,6H,4-5H2,1H3. The predicted octanol–water partition coefficient (Wildman–Crippen LogP) is 2.94. The second kappa shape index (κ2) is 3.40. The van der Waals surface area contributed by atoms with Gasteiger partial charge in [-0.2, -0.15) is 0 Å². The van der Waals surface area contributed by atoms with Crippen molar-refractivity contribution in [3.05, 3.63) is 28.2 Å². The van der Waals surface area contributed by atoms with Crippen molar-refractivity contribution in [2.24, 2.45) is 0 Å². The summed E-state index contributed by atoms with van der Waals surface area (Å²) in [5.74, 6) is 0. The average Bonchev–Trinajstić information content (AvgIpc) is 2.05. The zero-order chi connectivity index (χ0) is 8.55. The first-order valence-corrected chi connectivity index (χ1v) is 5.50. The maximum Gasteiger partial charge on any atom is 0.0263 e. The zero-order valence-electron chi connectivity index (χ0n) is 6.88. The van der Waals surface area contributed by atoms with Gasteiger partial charge in [0.15, 0.2) is 0 Å². The normalized spacial score (nSPS) is 17.5. The lowest BCUT2D eigenvalue weighted by molar-refractivity contribution is 0.552. The second-order valence-electron chi connectivity index (χ2n) is 2.94. The van der Waals surface area contributed by atoms with E-state index in [-0.39, 0.29) is 0 Å². The largest absolute Gasteiger partial charge is 0.249 e. The molecular formula is C9H10BrNS. The third-order valence-electron chi connectivity index (χ3n) is 1.97. The van der Waals surface area contributed by atoms with E-state index in [9.17, 15) is 0 Å². The molecule has 64 valence electrons. The van der Waals surface area contributed by atoms with Gasteiger partial charge < -0.3 is 0 Å². The summed E-state index contributed by atoms with van der Waals surface area (Å²) >= 11 is 5.32. The van der Waals surface area contributed by atoms with Crippen molar-refractivity contribution in [1.82, 2.24) is 4.31 Å². The number of benzene rings is 1. The number of nitrogens with zero attached hydrogens (tertiary/aromatic N) is 1. The molecule has 0 aliphatic carbocycles. The van der Waals surface area contributed by atoms with Crippen LogP contribution < -0.4 is 0 Å². The molecule has 0 spiro atoms. The Morgan fingerprint density at radius 1 is 1.50 bits per heavy atom. The molecule has 0 saturated carbocycles. The van der Waals surface area contributed by atoms with Crippen LogP contribution in [0.25, 0.3) is 0 Å². The summed E-state index contributed by atoms with van der Waals surface area (Å²) in [7, 11) is 2.13. The molecule has 0 fully saturated rings. The molecule has 1 aliphatic rings. The van der Waals surface area contributed by atoms with Crippen LogP contribution in [0.1, 0.15) is 5.56 Å². The smallest absolute Gasteiger partial charge is 0.0263 e. The van der Waals surface area contributed by atoms with Crippen LogP contribution in [0.3, 0.4) is 0 Å². The van der Waals surface area contributed by atoms with E-state index < -0.39 is 0 Å². The number of rotatable bonds is 0. The Kier molecular flexibility index (Phi) is 2.44. The molecule has 0 radical (unpaired) electrons. The van der Waals surface area contributed by atoms with Gasteiger partial charge in [0.2, 0.25) is 0 Å². The van der Waals surface area contributed by atoms with Gasteiger partial charge in [0, 0.05) is 15.9 Å². The highest BCUT2D eigenvalue weighted by molar-refractivity contribution is 9.10. The van der Waals surface area contributed by atoms with E-state index >= 15 is 0 Å². The molecule has 0 aromatic heterocycles. The van der Waals surface area contributed by atoms with Gasteiger partial charge in [0.1, 0.15) is 0 Å². The molecule has 1 aromatic rings. The van der Waals surface area contributed by atoms with E-state index in [0.29, 0.717) is 0 Å². The molecule has 1 heterocycles. The Bertz CT molecular complexity index is 301. The van der Waals surface area contributed by atoms with Gasteiger partial charge in [-0.1, -0.05) is 15.9 Å². The van der Waals surface area contributed by atoms with Crippen LogP contribution >= 0.6 is 27.9 Å². The highest BCUT2D eigenvalue weighted by Gasteiger charge is 2.13. The molecule has 0 unspecified atom stereocenters.